The third-order valence-electron chi connectivity index (χ3n) is 4.70. The number of ether oxygens (including phenoxy) is 2. The van der Waals surface area contributed by atoms with Crippen LogP contribution in [0.15, 0.2) is 11.3 Å². The Balaban J connectivity index is 2.53. The van der Waals surface area contributed by atoms with Crippen molar-refractivity contribution in [3.8, 4) is 0 Å². The summed E-state index contributed by atoms with van der Waals surface area (Å²) in [5.41, 5.74) is -0.369. The molecule has 0 aliphatic heterocycles. The van der Waals surface area contributed by atoms with Gasteiger partial charge in [-0.25, -0.2) is 4.79 Å². The average molecular weight is 268 g/mol. The van der Waals surface area contributed by atoms with E-state index < -0.39 is 11.4 Å². The van der Waals surface area contributed by atoms with Gasteiger partial charge < -0.3 is 14.6 Å². The van der Waals surface area contributed by atoms with Crippen LogP contribution in [0, 0.1) is 23.2 Å². The van der Waals surface area contributed by atoms with Gasteiger partial charge in [-0.05, 0) is 18.8 Å². The fourth-order valence-electron chi connectivity index (χ4n) is 3.65. The van der Waals surface area contributed by atoms with Crippen LogP contribution in [0.5, 0.6) is 0 Å². The molecule has 0 saturated heterocycles. The summed E-state index contributed by atoms with van der Waals surface area (Å²) >= 11 is 0. The predicted molar refractivity (Wildman–Crippen MR) is 67.2 cm³/mol. The molecule has 2 bridgehead atoms. The smallest absolute Gasteiger partial charge is 0.337 e. The standard InChI is InChI=1S/C14H20O5/c1-14(2)8-6-5-7(9(8)12(16)18-3)10(11(14)15)13(17)19-4/h7-9,15H,5-6H2,1-4H3. The molecule has 0 aromatic rings. The highest BCUT2D eigenvalue weighted by molar-refractivity contribution is 5.92. The lowest BCUT2D eigenvalue weighted by atomic mass is 9.64. The van der Waals surface area contributed by atoms with E-state index in [1.165, 1.54) is 14.2 Å². The van der Waals surface area contributed by atoms with Crippen molar-refractivity contribution in [3.63, 3.8) is 0 Å². The first kappa shape index (κ1) is 13.9. The van der Waals surface area contributed by atoms with Crippen molar-refractivity contribution in [2.45, 2.75) is 26.7 Å². The normalized spacial score (nSPS) is 32.1. The highest BCUT2D eigenvalue weighted by Crippen LogP contribution is 2.57. The number of hydrogen-bond donors (Lipinski definition) is 1. The van der Waals surface area contributed by atoms with Crippen molar-refractivity contribution < 1.29 is 24.2 Å². The summed E-state index contributed by atoms with van der Waals surface area (Å²) in [5.74, 6) is -1.47. The van der Waals surface area contributed by atoms with Gasteiger partial charge >= 0.3 is 11.9 Å². The lowest BCUT2D eigenvalue weighted by Crippen LogP contribution is -2.42. The molecule has 0 aromatic heterocycles. The van der Waals surface area contributed by atoms with E-state index in [9.17, 15) is 14.7 Å². The highest BCUT2D eigenvalue weighted by Gasteiger charge is 2.57. The van der Waals surface area contributed by atoms with E-state index in [-0.39, 0.29) is 35.1 Å². The summed E-state index contributed by atoms with van der Waals surface area (Å²) in [6, 6.07) is 0. The second-order valence-electron chi connectivity index (χ2n) is 5.81. The van der Waals surface area contributed by atoms with E-state index in [1.807, 2.05) is 13.8 Å². The largest absolute Gasteiger partial charge is 0.511 e. The zero-order valence-electron chi connectivity index (χ0n) is 11.7. The average Bonchev–Trinajstić information content (AvgIpc) is 2.78. The van der Waals surface area contributed by atoms with Crippen molar-refractivity contribution in [3.05, 3.63) is 11.3 Å². The molecule has 19 heavy (non-hydrogen) atoms. The Morgan fingerprint density at radius 3 is 2.37 bits per heavy atom. The number of hydrogen-bond acceptors (Lipinski definition) is 5. The summed E-state index contributed by atoms with van der Waals surface area (Å²) in [7, 11) is 2.63. The van der Waals surface area contributed by atoms with Crippen LogP contribution in [0.4, 0.5) is 0 Å². The van der Waals surface area contributed by atoms with E-state index in [1.54, 1.807) is 0 Å². The van der Waals surface area contributed by atoms with Crippen LogP contribution in [0.1, 0.15) is 26.7 Å². The first-order valence-corrected chi connectivity index (χ1v) is 6.46. The van der Waals surface area contributed by atoms with Gasteiger partial charge in [0.25, 0.3) is 0 Å². The molecule has 3 unspecified atom stereocenters. The van der Waals surface area contributed by atoms with Crippen molar-refractivity contribution in [2.75, 3.05) is 14.2 Å². The van der Waals surface area contributed by atoms with E-state index in [0.29, 0.717) is 6.42 Å². The number of aliphatic hydroxyl groups is 1. The quantitative estimate of drug-likeness (QED) is 0.773. The molecule has 1 saturated carbocycles. The Morgan fingerprint density at radius 2 is 1.84 bits per heavy atom. The van der Waals surface area contributed by atoms with E-state index in [0.717, 1.165) is 6.42 Å². The minimum absolute atomic E-state index is 0.00152. The fraction of sp³-hybridized carbons (Fsp3) is 0.714. The molecule has 2 aliphatic rings. The number of methoxy groups -OCH3 is 2. The Hall–Kier alpha value is -1.52. The molecule has 3 atom stereocenters. The van der Waals surface area contributed by atoms with Crippen LogP contribution in [0.25, 0.3) is 0 Å². The van der Waals surface area contributed by atoms with Crippen molar-refractivity contribution in [2.24, 2.45) is 23.2 Å². The van der Waals surface area contributed by atoms with Gasteiger partial charge in [-0.3, -0.25) is 4.79 Å². The molecule has 5 heteroatoms. The van der Waals surface area contributed by atoms with Gasteiger partial charge in [0.2, 0.25) is 0 Å². The lowest BCUT2D eigenvalue weighted by molar-refractivity contribution is -0.151. The number of esters is 2. The zero-order valence-corrected chi connectivity index (χ0v) is 11.7. The van der Waals surface area contributed by atoms with Gasteiger partial charge in [-0.15, -0.1) is 0 Å². The molecule has 1 fully saturated rings. The topological polar surface area (TPSA) is 72.8 Å². The molecule has 0 spiro atoms. The summed E-state index contributed by atoms with van der Waals surface area (Å²) in [6.07, 6.45) is 1.49. The van der Waals surface area contributed by atoms with Gasteiger partial charge in [0.15, 0.2) is 0 Å². The summed E-state index contributed by atoms with van der Waals surface area (Å²) in [5, 5.41) is 10.4. The second-order valence-corrected chi connectivity index (χ2v) is 5.81. The van der Waals surface area contributed by atoms with Crippen LogP contribution in [-0.2, 0) is 19.1 Å². The number of aliphatic hydroxyl groups excluding tert-OH is 1. The molecular formula is C14H20O5. The van der Waals surface area contributed by atoms with Crippen LogP contribution in [0.3, 0.4) is 0 Å². The number of carbonyl (C=O) groups is 2. The molecule has 5 nitrogen and oxygen atoms in total. The van der Waals surface area contributed by atoms with Crippen molar-refractivity contribution >= 4 is 11.9 Å². The first-order chi connectivity index (χ1) is 8.86. The Kier molecular flexibility index (Phi) is 3.32. The Labute approximate surface area is 112 Å². The minimum atomic E-state index is -0.616. The van der Waals surface area contributed by atoms with Crippen LogP contribution in [0.2, 0.25) is 0 Å². The SMILES string of the molecule is COC(=O)C1=C(O)C(C)(C)C2CCC1C2C(=O)OC. The maximum absolute atomic E-state index is 12.0. The number of carbonyl (C=O) groups excluding carboxylic acids is 2. The van der Waals surface area contributed by atoms with Crippen molar-refractivity contribution in [1.82, 2.24) is 0 Å². The number of rotatable bonds is 2. The molecule has 2 aliphatic carbocycles. The summed E-state index contributed by atoms with van der Waals surface area (Å²) in [4.78, 5) is 23.9. The maximum Gasteiger partial charge on any atom is 0.337 e. The van der Waals surface area contributed by atoms with Crippen molar-refractivity contribution in [1.29, 1.82) is 0 Å². The molecule has 0 amide bonds. The van der Waals surface area contributed by atoms with Gasteiger partial charge in [-0.1, -0.05) is 13.8 Å². The third-order valence-corrected chi connectivity index (χ3v) is 4.70. The van der Waals surface area contributed by atoms with E-state index in [4.69, 9.17) is 9.47 Å². The number of allylic oxidation sites excluding steroid dienone is 1. The fourth-order valence-corrected chi connectivity index (χ4v) is 3.65. The summed E-state index contributed by atoms with van der Waals surface area (Å²) in [6.45, 7) is 3.71. The van der Waals surface area contributed by atoms with E-state index >= 15 is 0 Å². The maximum atomic E-state index is 12.0. The monoisotopic (exact) mass is 268 g/mol. The first-order valence-electron chi connectivity index (χ1n) is 6.46. The minimum Gasteiger partial charge on any atom is -0.511 e. The molecular weight excluding hydrogens is 248 g/mol. The van der Waals surface area contributed by atoms with Gasteiger partial charge in [0.1, 0.15) is 5.76 Å². The molecule has 0 heterocycles. The van der Waals surface area contributed by atoms with Gasteiger partial charge in [0.05, 0.1) is 25.7 Å². The highest BCUT2D eigenvalue weighted by atomic mass is 16.5. The van der Waals surface area contributed by atoms with Gasteiger partial charge in [-0.2, -0.15) is 0 Å². The number of fused-ring (bicyclic) bond motifs is 2. The third kappa shape index (κ3) is 1.83. The van der Waals surface area contributed by atoms with Crippen LogP contribution in [-0.4, -0.2) is 31.3 Å². The van der Waals surface area contributed by atoms with Crippen LogP contribution < -0.4 is 0 Å². The zero-order chi connectivity index (χ0) is 14.4. The van der Waals surface area contributed by atoms with E-state index in [2.05, 4.69) is 0 Å². The van der Waals surface area contributed by atoms with Gasteiger partial charge in [0, 0.05) is 11.3 Å². The predicted octanol–water partition coefficient (Wildman–Crippen LogP) is 1.83. The van der Waals surface area contributed by atoms with Crippen LogP contribution >= 0.6 is 0 Å². The molecule has 0 radical (unpaired) electrons. The molecule has 0 aromatic carbocycles. The molecule has 1 N–H and O–H groups in total. The Morgan fingerprint density at radius 1 is 1.21 bits per heavy atom. The lowest BCUT2D eigenvalue weighted by Gasteiger charge is -2.40. The summed E-state index contributed by atoms with van der Waals surface area (Å²) < 4.78 is 9.62. The molecule has 106 valence electrons. The molecule has 2 rings (SSSR count). The Bertz CT molecular complexity index is 449. The second kappa shape index (κ2) is 4.54.